The van der Waals surface area contributed by atoms with Crippen molar-refractivity contribution in [2.45, 2.75) is 19.4 Å². The quantitative estimate of drug-likeness (QED) is 0.274. The molecule has 2 rings (SSSR count). The van der Waals surface area contributed by atoms with Crippen LogP contribution in [0.3, 0.4) is 0 Å². The fraction of sp³-hybridized carbons (Fsp3) is 0.235. The predicted molar refractivity (Wildman–Crippen MR) is 106 cm³/mol. The first-order valence-corrected chi connectivity index (χ1v) is 9.41. The largest absolute Gasteiger partial charge is 0.388 e. The van der Waals surface area contributed by atoms with Crippen molar-refractivity contribution in [3.05, 3.63) is 55.3 Å². The van der Waals surface area contributed by atoms with Crippen molar-refractivity contribution in [3.8, 4) is 0 Å². The number of rotatable bonds is 6. The molecule has 0 unspecified atom stereocenters. The molecule has 0 aromatic heterocycles. The summed E-state index contributed by atoms with van der Waals surface area (Å²) < 4.78 is 42.8. The van der Waals surface area contributed by atoms with E-state index >= 15 is 0 Å². The molecule has 2 aromatic carbocycles. The number of hydroxylamine groups is 1. The topological polar surface area (TPSA) is 70.6 Å². The minimum Gasteiger partial charge on any atom is -0.388 e. The van der Waals surface area contributed by atoms with Crippen molar-refractivity contribution < 1.29 is 27.9 Å². The van der Waals surface area contributed by atoms with Gasteiger partial charge in [-0.05, 0) is 76.6 Å². The summed E-state index contributed by atoms with van der Waals surface area (Å²) >= 11 is 4.73. The Labute approximate surface area is 175 Å². The van der Waals surface area contributed by atoms with E-state index in [2.05, 4.69) is 21.2 Å². The first-order chi connectivity index (χ1) is 12.5. The van der Waals surface area contributed by atoms with Crippen LogP contribution in [0.5, 0.6) is 0 Å². The number of amides is 1. The Bertz CT molecular complexity index is 875. The Hall–Kier alpha value is -1.37. The molecule has 0 spiro atoms. The SMILES string of the molecule is CC(C)(O)CONC(=O)c1cc(Br)c(F)c(F)c1Nc1ccc(I)cc1F. The zero-order valence-electron chi connectivity index (χ0n) is 14.2. The van der Waals surface area contributed by atoms with Crippen molar-refractivity contribution in [1.82, 2.24) is 5.48 Å². The molecule has 0 aliphatic heterocycles. The van der Waals surface area contributed by atoms with Crippen LogP contribution in [-0.4, -0.2) is 23.2 Å². The maximum atomic E-state index is 14.4. The number of anilines is 2. The number of hydrogen-bond donors (Lipinski definition) is 3. The van der Waals surface area contributed by atoms with Crippen molar-refractivity contribution in [2.24, 2.45) is 0 Å². The second-order valence-electron chi connectivity index (χ2n) is 6.19. The van der Waals surface area contributed by atoms with Gasteiger partial charge in [0.25, 0.3) is 5.91 Å². The first kappa shape index (κ1) is 21.9. The smallest absolute Gasteiger partial charge is 0.277 e. The summed E-state index contributed by atoms with van der Waals surface area (Å²) in [6.07, 6.45) is 0. The molecule has 0 saturated heterocycles. The number of halogens is 5. The molecule has 0 radical (unpaired) electrons. The maximum Gasteiger partial charge on any atom is 0.277 e. The van der Waals surface area contributed by atoms with E-state index in [1.54, 1.807) is 6.07 Å². The van der Waals surface area contributed by atoms with Gasteiger partial charge in [-0.3, -0.25) is 9.63 Å². The third-order valence-electron chi connectivity index (χ3n) is 3.19. The summed E-state index contributed by atoms with van der Waals surface area (Å²) in [5, 5.41) is 12.0. The summed E-state index contributed by atoms with van der Waals surface area (Å²) in [6.45, 7) is 2.68. The molecule has 3 N–H and O–H groups in total. The summed E-state index contributed by atoms with van der Waals surface area (Å²) in [6, 6.07) is 5.13. The second-order valence-corrected chi connectivity index (χ2v) is 8.29. The van der Waals surface area contributed by atoms with Gasteiger partial charge in [0.1, 0.15) is 12.4 Å². The van der Waals surface area contributed by atoms with E-state index in [4.69, 9.17) is 4.84 Å². The van der Waals surface area contributed by atoms with E-state index in [-0.39, 0.29) is 22.3 Å². The average Bonchev–Trinajstić information content (AvgIpc) is 2.55. The lowest BCUT2D eigenvalue weighted by Crippen LogP contribution is -2.33. The van der Waals surface area contributed by atoms with Crippen LogP contribution in [0, 0.1) is 21.0 Å². The van der Waals surface area contributed by atoms with E-state index in [0.29, 0.717) is 3.57 Å². The molecule has 146 valence electrons. The van der Waals surface area contributed by atoms with E-state index < -0.39 is 34.6 Å². The second kappa shape index (κ2) is 8.76. The van der Waals surface area contributed by atoms with E-state index in [1.165, 1.54) is 26.0 Å². The number of hydrogen-bond acceptors (Lipinski definition) is 4. The lowest BCUT2D eigenvalue weighted by molar-refractivity contribution is -0.0522. The van der Waals surface area contributed by atoms with Gasteiger partial charge in [-0.15, -0.1) is 0 Å². The Kier molecular flexibility index (Phi) is 7.11. The molecule has 0 fully saturated rings. The van der Waals surface area contributed by atoms with E-state index in [1.807, 2.05) is 28.1 Å². The predicted octanol–water partition coefficient (Wildman–Crippen LogP) is 4.65. The zero-order chi connectivity index (χ0) is 20.4. The van der Waals surface area contributed by atoms with Crippen molar-refractivity contribution in [2.75, 3.05) is 11.9 Å². The van der Waals surface area contributed by atoms with Gasteiger partial charge in [0, 0.05) is 3.57 Å². The van der Waals surface area contributed by atoms with Crippen LogP contribution in [-0.2, 0) is 4.84 Å². The maximum absolute atomic E-state index is 14.4. The molecule has 0 saturated carbocycles. The lowest BCUT2D eigenvalue weighted by atomic mass is 10.1. The number of aliphatic hydroxyl groups is 1. The molecule has 5 nitrogen and oxygen atoms in total. The van der Waals surface area contributed by atoms with Crippen molar-refractivity contribution in [3.63, 3.8) is 0 Å². The minimum absolute atomic E-state index is 0.137. The van der Waals surface area contributed by atoms with Gasteiger partial charge >= 0.3 is 0 Å². The minimum atomic E-state index is -1.37. The van der Waals surface area contributed by atoms with Crippen LogP contribution >= 0.6 is 38.5 Å². The zero-order valence-corrected chi connectivity index (χ0v) is 17.9. The monoisotopic (exact) mass is 558 g/mol. The molecule has 1 amide bonds. The van der Waals surface area contributed by atoms with Gasteiger partial charge in [0.05, 0.1) is 27.0 Å². The molecule has 27 heavy (non-hydrogen) atoms. The van der Waals surface area contributed by atoms with Crippen LogP contribution in [0.4, 0.5) is 24.5 Å². The Morgan fingerprint density at radius 1 is 1.26 bits per heavy atom. The highest BCUT2D eigenvalue weighted by molar-refractivity contribution is 14.1. The lowest BCUT2D eigenvalue weighted by Gasteiger charge is -2.18. The van der Waals surface area contributed by atoms with Gasteiger partial charge in [-0.1, -0.05) is 0 Å². The molecule has 0 heterocycles. The van der Waals surface area contributed by atoms with Crippen molar-refractivity contribution >= 4 is 55.8 Å². The third-order valence-corrected chi connectivity index (χ3v) is 4.44. The molecule has 0 aliphatic carbocycles. The average molecular weight is 559 g/mol. The van der Waals surface area contributed by atoms with Crippen LogP contribution in [0.15, 0.2) is 28.7 Å². The molecular weight excluding hydrogens is 544 g/mol. The highest BCUT2D eigenvalue weighted by Crippen LogP contribution is 2.32. The number of carbonyl (C=O) groups excluding carboxylic acids is 1. The van der Waals surface area contributed by atoms with Crippen LogP contribution in [0.2, 0.25) is 0 Å². The summed E-state index contributed by atoms with van der Waals surface area (Å²) in [5.74, 6) is -4.21. The number of carbonyl (C=O) groups is 1. The third kappa shape index (κ3) is 5.80. The van der Waals surface area contributed by atoms with Crippen LogP contribution in [0.1, 0.15) is 24.2 Å². The first-order valence-electron chi connectivity index (χ1n) is 7.53. The van der Waals surface area contributed by atoms with E-state index in [0.717, 1.165) is 6.07 Å². The van der Waals surface area contributed by atoms with Gasteiger partial charge < -0.3 is 10.4 Å². The van der Waals surface area contributed by atoms with E-state index in [9.17, 15) is 23.1 Å². The number of benzene rings is 2. The fourth-order valence-corrected chi connectivity index (χ4v) is 2.81. The molecule has 0 aliphatic rings. The number of nitrogens with one attached hydrogen (secondary N) is 2. The standard InChI is InChI=1S/C17H15BrF3IN2O3/c1-17(2,26)7-27-24-16(25)9-6-10(18)13(20)14(21)15(9)23-12-4-3-8(22)5-11(12)19/h3-6,23,26H,7H2,1-2H3,(H,24,25). The summed E-state index contributed by atoms with van der Waals surface area (Å²) in [7, 11) is 0. The van der Waals surface area contributed by atoms with Gasteiger partial charge in [-0.25, -0.2) is 18.7 Å². The highest BCUT2D eigenvalue weighted by atomic mass is 127. The summed E-state index contributed by atoms with van der Waals surface area (Å²) in [5.41, 5.74) is -0.196. The molecular formula is C17H15BrF3IN2O3. The highest BCUT2D eigenvalue weighted by Gasteiger charge is 2.23. The van der Waals surface area contributed by atoms with Crippen LogP contribution < -0.4 is 10.8 Å². The fourth-order valence-electron chi connectivity index (χ4n) is 1.96. The van der Waals surface area contributed by atoms with Gasteiger partial charge in [0.15, 0.2) is 11.6 Å². The Morgan fingerprint density at radius 3 is 2.52 bits per heavy atom. The Balaban J connectivity index is 2.37. The Morgan fingerprint density at radius 2 is 1.93 bits per heavy atom. The van der Waals surface area contributed by atoms with Gasteiger partial charge in [-0.2, -0.15) is 0 Å². The molecule has 0 bridgehead atoms. The van der Waals surface area contributed by atoms with Gasteiger partial charge in [0.2, 0.25) is 0 Å². The normalized spacial score (nSPS) is 11.4. The molecule has 10 heteroatoms. The van der Waals surface area contributed by atoms with Crippen molar-refractivity contribution in [1.29, 1.82) is 0 Å². The van der Waals surface area contributed by atoms with Crippen LogP contribution in [0.25, 0.3) is 0 Å². The molecule has 0 atom stereocenters. The summed E-state index contributed by atoms with van der Waals surface area (Å²) in [4.78, 5) is 17.2. The molecule has 2 aromatic rings.